The summed E-state index contributed by atoms with van der Waals surface area (Å²) in [7, 11) is 0. The Hall–Kier alpha value is -2.31. The Morgan fingerprint density at radius 2 is 2.25 bits per heavy atom. The van der Waals surface area contributed by atoms with Gasteiger partial charge in [-0.2, -0.15) is 0 Å². The first kappa shape index (κ1) is 11.8. The van der Waals surface area contributed by atoms with Crippen LogP contribution in [0, 0.1) is 4.91 Å². The van der Waals surface area contributed by atoms with Crippen molar-refractivity contribution in [2.75, 3.05) is 0 Å². The summed E-state index contributed by atoms with van der Waals surface area (Å²) in [6, 6.07) is 4.86. The minimum atomic E-state index is -1.05. The number of pyridine rings is 1. The van der Waals surface area contributed by atoms with E-state index in [9.17, 15) is 14.5 Å². The SMILES string of the molecule is NC(=O)OC(CC(=O)N=O)c1ccccn1. The van der Waals surface area contributed by atoms with Crippen LogP contribution in [0.25, 0.3) is 0 Å². The van der Waals surface area contributed by atoms with Crippen molar-refractivity contribution in [3.8, 4) is 0 Å². The standard InChI is InChI=1S/C9H9N3O4/c10-9(14)16-7(5-8(13)12-15)6-3-1-2-4-11-6/h1-4,7H,5H2,(H2,10,14). The molecule has 1 aromatic heterocycles. The molecule has 0 fully saturated rings. The van der Waals surface area contributed by atoms with Gasteiger partial charge in [-0.05, 0) is 12.1 Å². The Bertz CT molecular complexity index is 393. The smallest absolute Gasteiger partial charge is 0.405 e. The number of nitroso groups, excluding NO2 is 1. The highest BCUT2D eigenvalue weighted by molar-refractivity contribution is 5.77. The molecule has 1 heterocycles. The fourth-order valence-corrected chi connectivity index (χ4v) is 1.11. The molecule has 1 aromatic rings. The number of hydrogen-bond acceptors (Lipinski definition) is 5. The van der Waals surface area contributed by atoms with E-state index < -0.39 is 18.1 Å². The van der Waals surface area contributed by atoms with Crippen molar-refractivity contribution in [2.24, 2.45) is 10.9 Å². The highest BCUT2D eigenvalue weighted by atomic mass is 16.6. The molecule has 0 bridgehead atoms. The molecule has 2 amide bonds. The number of ether oxygens (including phenoxy) is 1. The largest absolute Gasteiger partial charge is 0.439 e. The van der Waals surface area contributed by atoms with Gasteiger partial charge in [0, 0.05) is 11.4 Å². The van der Waals surface area contributed by atoms with Crippen molar-refractivity contribution < 1.29 is 14.3 Å². The van der Waals surface area contributed by atoms with Crippen LogP contribution >= 0.6 is 0 Å². The van der Waals surface area contributed by atoms with Crippen LogP contribution in [0.5, 0.6) is 0 Å². The normalized spacial score (nSPS) is 11.5. The fraction of sp³-hybridized carbons (Fsp3) is 0.222. The van der Waals surface area contributed by atoms with E-state index in [-0.39, 0.29) is 6.42 Å². The number of rotatable bonds is 4. The molecule has 0 spiro atoms. The number of hydrogen-bond donors (Lipinski definition) is 1. The third-order valence-electron chi connectivity index (χ3n) is 1.74. The number of nitrogens with zero attached hydrogens (tertiary/aromatic N) is 2. The number of aromatic nitrogens is 1. The van der Waals surface area contributed by atoms with Gasteiger partial charge in [-0.3, -0.25) is 9.78 Å². The molecule has 84 valence electrons. The van der Waals surface area contributed by atoms with Crippen molar-refractivity contribution in [1.29, 1.82) is 0 Å². The van der Waals surface area contributed by atoms with E-state index in [1.807, 2.05) is 0 Å². The zero-order chi connectivity index (χ0) is 12.0. The number of nitrogens with two attached hydrogens (primary N) is 1. The van der Waals surface area contributed by atoms with Gasteiger partial charge >= 0.3 is 6.09 Å². The lowest BCUT2D eigenvalue weighted by Crippen LogP contribution is -2.19. The molecular formula is C9H9N3O4. The van der Waals surface area contributed by atoms with Gasteiger partial charge in [0.05, 0.1) is 12.1 Å². The Balaban J connectivity index is 2.83. The van der Waals surface area contributed by atoms with Gasteiger partial charge in [0.1, 0.15) is 0 Å². The lowest BCUT2D eigenvalue weighted by atomic mass is 10.1. The molecule has 16 heavy (non-hydrogen) atoms. The van der Waals surface area contributed by atoms with Crippen LogP contribution in [0.3, 0.4) is 0 Å². The maximum Gasteiger partial charge on any atom is 0.405 e. The molecule has 1 unspecified atom stereocenters. The lowest BCUT2D eigenvalue weighted by Gasteiger charge is -2.13. The highest BCUT2D eigenvalue weighted by Crippen LogP contribution is 2.19. The summed E-state index contributed by atoms with van der Waals surface area (Å²) >= 11 is 0. The predicted octanol–water partition coefficient (Wildman–Crippen LogP) is 0.901. The van der Waals surface area contributed by atoms with Gasteiger partial charge in [0.2, 0.25) is 0 Å². The van der Waals surface area contributed by atoms with Gasteiger partial charge in [-0.1, -0.05) is 6.07 Å². The van der Waals surface area contributed by atoms with Crippen molar-refractivity contribution in [1.82, 2.24) is 4.98 Å². The van der Waals surface area contributed by atoms with Gasteiger partial charge < -0.3 is 10.5 Å². The molecule has 0 radical (unpaired) electrons. The molecule has 0 aliphatic rings. The highest BCUT2D eigenvalue weighted by Gasteiger charge is 2.20. The van der Waals surface area contributed by atoms with Crippen LogP contribution in [-0.2, 0) is 9.53 Å². The van der Waals surface area contributed by atoms with Crippen LogP contribution in [0.2, 0.25) is 0 Å². The topological polar surface area (TPSA) is 112 Å². The number of amides is 2. The third kappa shape index (κ3) is 3.45. The van der Waals surface area contributed by atoms with E-state index in [2.05, 4.69) is 14.9 Å². The van der Waals surface area contributed by atoms with Crippen LogP contribution in [0.15, 0.2) is 29.6 Å². The maximum absolute atomic E-state index is 10.8. The molecular weight excluding hydrogens is 214 g/mol. The summed E-state index contributed by atoms with van der Waals surface area (Å²) in [6.45, 7) is 0. The second-order valence-electron chi connectivity index (χ2n) is 2.87. The second kappa shape index (κ2) is 5.54. The quantitative estimate of drug-likeness (QED) is 0.762. The first-order chi connectivity index (χ1) is 7.63. The van der Waals surface area contributed by atoms with Crippen LogP contribution in [-0.4, -0.2) is 17.0 Å². The Kier molecular flexibility index (Phi) is 4.07. The van der Waals surface area contributed by atoms with Crippen LogP contribution in [0.1, 0.15) is 18.2 Å². The van der Waals surface area contributed by atoms with Gasteiger partial charge in [-0.15, -0.1) is 4.91 Å². The van der Waals surface area contributed by atoms with Crippen molar-refractivity contribution >= 4 is 12.0 Å². The maximum atomic E-state index is 10.8. The monoisotopic (exact) mass is 223 g/mol. The third-order valence-corrected chi connectivity index (χ3v) is 1.74. The van der Waals surface area contributed by atoms with E-state index >= 15 is 0 Å². The fourth-order valence-electron chi connectivity index (χ4n) is 1.11. The summed E-state index contributed by atoms with van der Waals surface area (Å²) in [5.41, 5.74) is 5.17. The first-order valence-corrected chi connectivity index (χ1v) is 4.36. The lowest BCUT2D eigenvalue weighted by molar-refractivity contribution is -0.119. The minimum Gasteiger partial charge on any atom is -0.439 e. The van der Waals surface area contributed by atoms with Gasteiger partial charge in [0.15, 0.2) is 6.10 Å². The molecule has 0 aliphatic heterocycles. The van der Waals surface area contributed by atoms with Crippen LogP contribution < -0.4 is 5.73 Å². The van der Waals surface area contributed by atoms with Crippen molar-refractivity contribution in [2.45, 2.75) is 12.5 Å². The molecule has 0 aromatic carbocycles. The van der Waals surface area contributed by atoms with Gasteiger partial charge in [-0.25, -0.2) is 4.79 Å². The summed E-state index contributed by atoms with van der Waals surface area (Å²) in [5.74, 6) is -0.933. The van der Waals surface area contributed by atoms with Crippen LogP contribution in [0.4, 0.5) is 4.79 Å². The Morgan fingerprint density at radius 1 is 1.50 bits per heavy atom. The summed E-state index contributed by atoms with van der Waals surface area (Å²) in [4.78, 5) is 35.3. The second-order valence-corrected chi connectivity index (χ2v) is 2.87. The minimum absolute atomic E-state index is 0.332. The average Bonchev–Trinajstić information content (AvgIpc) is 2.28. The predicted molar refractivity (Wildman–Crippen MR) is 53.1 cm³/mol. The van der Waals surface area contributed by atoms with E-state index in [4.69, 9.17) is 5.73 Å². The van der Waals surface area contributed by atoms with Crippen molar-refractivity contribution in [3.05, 3.63) is 35.0 Å². The molecule has 1 rings (SSSR count). The van der Waals surface area contributed by atoms with E-state index in [1.54, 1.807) is 18.2 Å². The molecule has 7 heteroatoms. The average molecular weight is 223 g/mol. The molecule has 0 aliphatic carbocycles. The zero-order valence-electron chi connectivity index (χ0n) is 8.20. The van der Waals surface area contributed by atoms with Crippen molar-refractivity contribution in [3.63, 3.8) is 0 Å². The Morgan fingerprint density at radius 3 is 2.75 bits per heavy atom. The number of carbonyl (C=O) groups is 2. The summed E-state index contributed by atoms with van der Waals surface area (Å²) in [6.07, 6.45) is -0.937. The molecule has 7 nitrogen and oxygen atoms in total. The zero-order valence-corrected chi connectivity index (χ0v) is 8.20. The molecule has 2 N–H and O–H groups in total. The molecule has 1 atom stereocenters. The summed E-state index contributed by atoms with van der Waals surface area (Å²) < 4.78 is 4.67. The number of carbonyl (C=O) groups excluding carboxylic acids is 2. The first-order valence-electron chi connectivity index (χ1n) is 4.36. The van der Waals surface area contributed by atoms with E-state index in [0.29, 0.717) is 5.69 Å². The number of primary amides is 1. The van der Waals surface area contributed by atoms with E-state index in [1.165, 1.54) is 6.20 Å². The molecule has 0 saturated heterocycles. The van der Waals surface area contributed by atoms with Gasteiger partial charge in [0.25, 0.3) is 5.91 Å². The Labute approximate surface area is 90.6 Å². The summed E-state index contributed by atoms with van der Waals surface area (Å²) in [5, 5.41) is 2.21. The van der Waals surface area contributed by atoms with E-state index in [0.717, 1.165) is 0 Å². The molecule has 0 saturated carbocycles.